The first-order valence-electron chi connectivity index (χ1n) is 18.3. The largest absolute Gasteiger partial charge is 0.480 e. The van der Waals surface area contributed by atoms with E-state index in [2.05, 4.69) is 22.5 Å². The van der Waals surface area contributed by atoms with E-state index in [-0.39, 0.29) is 27.9 Å². The van der Waals surface area contributed by atoms with Crippen LogP contribution in [0.1, 0.15) is 135 Å². The molecule has 3 aliphatic heterocycles. The molecule has 0 radical (unpaired) electrons. The Kier molecular flexibility index (Phi) is 21.5. The van der Waals surface area contributed by atoms with E-state index in [4.69, 9.17) is 5.11 Å². The van der Waals surface area contributed by atoms with E-state index in [1.165, 1.54) is 14.7 Å². The van der Waals surface area contributed by atoms with Crippen LogP contribution in [-0.4, -0.2) is 110 Å². The molecule has 3 aliphatic rings. The summed E-state index contributed by atoms with van der Waals surface area (Å²) in [5.74, 6) is 2.16. The van der Waals surface area contributed by atoms with Gasteiger partial charge in [0.05, 0.1) is 0 Å². The standard InChI is InChI=1S/C24H38N4O6.C12H19NO4.2CH4.H4N2/c1-7-23(3,4)17(29)21(33)27-13-9-11-15(27)19(31)25-26-20(32)16-12-10-14-28(16)22(34)18(30)24(5,6)8-2;1-4-12(2,3)9(14)10(15)13-7-5-6-8(13)11(16)17;;;1-2/h15-16H,7-14H2,1-6H3,(H,25,31)(H,26,32);8H,4-7H2,1-3H3,(H,16,17);2*1H4;1-2H2/t15-,16-;8-;;;/m11.../s1. The topological polar surface area (TPSA) is 260 Å². The summed E-state index contributed by atoms with van der Waals surface area (Å²) in [6, 6.07) is -2.56. The van der Waals surface area contributed by atoms with Crippen LogP contribution in [0.25, 0.3) is 0 Å². The number of carbonyl (C=O) groups excluding carboxylic acids is 8. The van der Waals surface area contributed by atoms with Gasteiger partial charge in [-0.15, -0.1) is 0 Å². The minimum absolute atomic E-state index is 0. The number of carboxylic acid groups (broad SMARTS) is 1. The second-order valence-corrected chi connectivity index (χ2v) is 15.5. The maximum atomic E-state index is 12.7. The van der Waals surface area contributed by atoms with Crippen LogP contribution in [0, 0.1) is 16.2 Å². The molecule has 0 unspecified atom stereocenters. The third-order valence-electron chi connectivity index (χ3n) is 10.8. The summed E-state index contributed by atoms with van der Waals surface area (Å²) in [4.78, 5) is 115. The molecule has 3 atom stereocenters. The molecule has 17 nitrogen and oxygen atoms in total. The lowest BCUT2D eigenvalue weighted by atomic mass is 9.84. The highest BCUT2D eigenvalue weighted by molar-refractivity contribution is 6.39. The van der Waals surface area contributed by atoms with Crippen LogP contribution in [0.5, 0.6) is 0 Å². The van der Waals surface area contributed by atoms with Gasteiger partial charge in [-0.2, -0.15) is 0 Å². The molecule has 55 heavy (non-hydrogen) atoms. The minimum Gasteiger partial charge on any atom is -0.480 e. The molecule has 0 aromatic carbocycles. The number of amides is 5. The van der Waals surface area contributed by atoms with Crippen molar-refractivity contribution >= 4 is 52.9 Å². The Morgan fingerprint density at radius 1 is 0.527 bits per heavy atom. The first-order chi connectivity index (χ1) is 24.6. The highest BCUT2D eigenvalue weighted by Crippen LogP contribution is 2.28. The van der Waals surface area contributed by atoms with E-state index in [0.29, 0.717) is 64.3 Å². The van der Waals surface area contributed by atoms with Crippen LogP contribution in [-0.2, 0) is 43.2 Å². The third kappa shape index (κ3) is 12.9. The van der Waals surface area contributed by atoms with Gasteiger partial charge in [0, 0.05) is 35.9 Å². The van der Waals surface area contributed by atoms with Crippen molar-refractivity contribution in [3.05, 3.63) is 0 Å². The van der Waals surface area contributed by atoms with Crippen LogP contribution in [0.2, 0.25) is 0 Å². The van der Waals surface area contributed by atoms with Gasteiger partial charge in [0.1, 0.15) is 18.1 Å². The van der Waals surface area contributed by atoms with Crippen molar-refractivity contribution in [2.45, 2.75) is 153 Å². The maximum Gasteiger partial charge on any atom is 0.326 e. The van der Waals surface area contributed by atoms with E-state index in [9.17, 15) is 43.2 Å². The van der Waals surface area contributed by atoms with Gasteiger partial charge in [0.15, 0.2) is 0 Å². The number of likely N-dealkylation sites (tertiary alicyclic amines) is 3. The second kappa shape index (κ2) is 22.3. The lowest BCUT2D eigenvalue weighted by Crippen LogP contribution is -2.57. The fraction of sp³-hybridized carbons (Fsp3) is 0.763. The molecule has 17 heteroatoms. The first-order valence-corrected chi connectivity index (χ1v) is 18.3. The molecule has 3 saturated heterocycles. The smallest absolute Gasteiger partial charge is 0.326 e. The first kappa shape index (κ1) is 52.9. The highest BCUT2D eigenvalue weighted by Gasteiger charge is 2.44. The van der Waals surface area contributed by atoms with Gasteiger partial charge in [-0.1, -0.05) is 77.2 Å². The number of aliphatic carboxylic acids is 1. The molecule has 3 fully saturated rings. The highest BCUT2D eigenvalue weighted by atomic mass is 16.4. The number of ketones is 3. The molecule has 0 bridgehead atoms. The van der Waals surface area contributed by atoms with Gasteiger partial charge in [-0.25, -0.2) is 4.79 Å². The molecule has 7 N–H and O–H groups in total. The minimum atomic E-state index is -1.03. The number of nitrogens with one attached hydrogen (secondary N) is 2. The Bertz CT molecular complexity index is 1340. The summed E-state index contributed by atoms with van der Waals surface area (Å²) in [6.45, 7) is 16.6. The quantitative estimate of drug-likeness (QED) is 0.109. The third-order valence-corrected chi connectivity index (χ3v) is 10.8. The zero-order chi connectivity index (χ0) is 41.1. The molecule has 0 aromatic rings. The summed E-state index contributed by atoms with van der Waals surface area (Å²) in [5, 5.41) is 8.97. The fourth-order valence-corrected chi connectivity index (χ4v) is 5.86. The fourth-order valence-electron chi connectivity index (χ4n) is 5.86. The van der Waals surface area contributed by atoms with Gasteiger partial charge >= 0.3 is 5.97 Å². The van der Waals surface area contributed by atoms with Crippen LogP contribution in [0.3, 0.4) is 0 Å². The van der Waals surface area contributed by atoms with Crippen molar-refractivity contribution < 1.29 is 48.3 Å². The van der Waals surface area contributed by atoms with E-state index in [0.717, 1.165) is 0 Å². The Hall–Kier alpha value is -4.25. The van der Waals surface area contributed by atoms with Crippen LogP contribution in [0.15, 0.2) is 0 Å². The van der Waals surface area contributed by atoms with Gasteiger partial charge in [-0.05, 0) is 57.8 Å². The number of hydrogen-bond acceptors (Lipinski definition) is 11. The number of rotatable bonds is 12. The molecule has 0 spiro atoms. The average molecular weight is 784 g/mol. The SMILES string of the molecule is C.C.CCC(C)(C)C(=O)C(=O)N1CCC[C@@H]1C(=O)NNC(=O)[C@H]1CCCN1C(=O)C(=O)C(C)(C)CC.CCC(C)(C)C(=O)C(=O)N1CCC[C@@H]1C(=O)O.NN. The molecule has 0 aromatic heterocycles. The molecule has 3 heterocycles. The zero-order valence-electron chi connectivity index (χ0n) is 32.8. The Morgan fingerprint density at radius 2 is 0.764 bits per heavy atom. The summed E-state index contributed by atoms with van der Waals surface area (Å²) in [5.41, 5.74) is 2.32. The molecular weight excluding hydrogens is 714 g/mol. The number of carboxylic acids is 1. The number of hydrazine groups is 2. The monoisotopic (exact) mass is 784 g/mol. The van der Waals surface area contributed by atoms with Crippen molar-refractivity contribution in [2.75, 3.05) is 19.6 Å². The lowest BCUT2D eigenvalue weighted by Gasteiger charge is -2.29. The van der Waals surface area contributed by atoms with Crippen LogP contribution >= 0.6 is 0 Å². The van der Waals surface area contributed by atoms with Crippen molar-refractivity contribution in [3.63, 3.8) is 0 Å². The summed E-state index contributed by atoms with van der Waals surface area (Å²) < 4.78 is 0. The summed E-state index contributed by atoms with van der Waals surface area (Å²) in [7, 11) is 0. The normalized spacial score (nSPS) is 19.3. The van der Waals surface area contributed by atoms with Gasteiger partial charge in [0.25, 0.3) is 29.5 Å². The van der Waals surface area contributed by atoms with Crippen LogP contribution < -0.4 is 22.5 Å². The molecule has 3 rings (SSSR count). The molecule has 0 aliphatic carbocycles. The van der Waals surface area contributed by atoms with E-state index in [1.807, 2.05) is 20.8 Å². The number of nitrogens with zero attached hydrogens (tertiary/aromatic N) is 3. The van der Waals surface area contributed by atoms with Crippen molar-refractivity contribution in [2.24, 2.45) is 27.9 Å². The van der Waals surface area contributed by atoms with Crippen molar-refractivity contribution in [1.82, 2.24) is 25.6 Å². The average Bonchev–Trinajstić information content (AvgIpc) is 3.94. The predicted molar refractivity (Wildman–Crippen MR) is 207 cm³/mol. The van der Waals surface area contributed by atoms with E-state index in [1.54, 1.807) is 41.5 Å². The molecule has 316 valence electrons. The second-order valence-electron chi connectivity index (χ2n) is 15.5. The zero-order valence-corrected chi connectivity index (χ0v) is 32.8. The predicted octanol–water partition coefficient (Wildman–Crippen LogP) is 2.28. The summed E-state index contributed by atoms with van der Waals surface area (Å²) in [6.07, 6.45) is 4.51. The van der Waals surface area contributed by atoms with Crippen molar-refractivity contribution in [3.8, 4) is 0 Å². The Morgan fingerprint density at radius 3 is 1.00 bits per heavy atom. The van der Waals surface area contributed by atoms with E-state index >= 15 is 0 Å². The molecule has 0 saturated carbocycles. The Balaban J connectivity index is 0. The number of Topliss-reactive ketones (excluding diaryl/α,β-unsaturated/α-hetero) is 3. The van der Waals surface area contributed by atoms with Crippen LogP contribution in [0.4, 0.5) is 0 Å². The number of hydrogen-bond donors (Lipinski definition) is 5. The number of nitrogens with two attached hydrogens (primary N) is 2. The molecular formula is C38H69N7O10. The van der Waals surface area contributed by atoms with Crippen molar-refractivity contribution in [1.29, 1.82) is 0 Å². The van der Waals surface area contributed by atoms with Gasteiger partial charge in [0.2, 0.25) is 17.3 Å². The lowest BCUT2D eigenvalue weighted by molar-refractivity contribution is -0.154. The number of carbonyl (C=O) groups is 9. The van der Waals surface area contributed by atoms with E-state index < -0.39 is 87.2 Å². The van der Waals surface area contributed by atoms with Gasteiger partial charge in [-0.3, -0.25) is 60.9 Å². The summed E-state index contributed by atoms with van der Waals surface area (Å²) >= 11 is 0. The Labute approximate surface area is 326 Å². The van der Waals surface area contributed by atoms with Gasteiger partial charge < -0.3 is 19.8 Å². The molecule has 5 amide bonds. The maximum absolute atomic E-state index is 12.7.